The van der Waals surface area contributed by atoms with Gasteiger partial charge in [-0.15, -0.1) is 0 Å². The summed E-state index contributed by atoms with van der Waals surface area (Å²) < 4.78 is 15.1. The summed E-state index contributed by atoms with van der Waals surface area (Å²) in [6, 6.07) is 18.4. The third-order valence-corrected chi connectivity index (χ3v) is 3.14. The second-order valence-electron chi connectivity index (χ2n) is 4.92. The molecule has 0 saturated carbocycles. The molecule has 1 unspecified atom stereocenters. The molecule has 6 nitrogen and oxygen atoms in total. The van der Waals surface area contributed by atoms with Crippen LogP contribution in [0.5, 0.6) is 0 Å². The summed E-state index contributed by atoms with van der Waals surface area (Å²) in [6.07, 6.45) is -1.99. The lowest BCUT2D eigenvalue weighted by Gasteiger charge is -2.16. The van der Waals surface area contributed by atoms with Crippen LogP contribution < -0.4 is 5.32 Å². The minimum atomic E-state index is -1.23. The first-order valence-corrected chi connectivity index (χ1v) is 7.39. The van der Waals surface area contributed by atoms with E-state index in [0.29, 0.717) is 0 Å². The van der Waals surface area contributed by atoms with Crippen molar-refractivity contribution in [3.8, 4) is 0 Å². The molecule has 2 rings (SSSR count). The maximum Gasteiger partial charge on any atom is 0.409 e. The zero-order valence-corrected chi connectivity index (χ0v) is 13.3. The summed E-state index contributed by atoms with van der Waals surface area (Å²) in [6.45, 7) is 0.197. The van der Waals surface area contributed by atoms with Crippen molar-refractivity contribution in [3.63, 3.8) is 0 Å². The molecular weight excluding hydrogens is 310 g/mol. The Hall–Kier alpha value is -2.86. The number of carbonyl (C=O) groups excluding carboxylic acids is 2. The zero-order valence-electron chi connectivity index (χ0n) is 13.3. The number of ether oxygens (including phenoxy) is 3. The molecule has 0 fully saturated rings. The van der Waals surface area contributed by atoms with Gasteiger partial charge in [-0.05, 0) is 11.1 Å². The van der Waals surface area contributed by atoms with Gasteiger partial charge in [0, 0.05) is 7.11 Å². The average Bonchev–Trinajstić information content (AvgIpc) is 2.64. The highest BCUT2D eigenvalue weighted by atomic mass is 16.6. The lowest BCUT2D eigenvalue weighted by molar-refractivity contribution is -0.158. The van der Waals surface area contributed by atoms with Crippen LogP contribution in [0.3, 0.4) is 0 Å². The summed E-state index contributed by atoms with van der Waals surface area (Å²) in [5, 5.41) is 2.32. The molecule has 0 heterocycles. The van der Waals surface area contributed by atoms with Gasteiger partial charge in [-0.3, -0.25) is 5.32 Å². The molecule has 24 heavy (non-hydrogen) atoms. The summed E-state index contributed by atoms with van der Waals surface area (Å²) >= 11 is 0. The number of hydrogen-bond donors (Lipinski definition) is 1. The van der Waals surface area contributed by atoms with Gasteiger partial charge in [0.05, 0.1) is 0 Å². The lowest BCUT2D eigenvalue weighted by Crippen LogP contribution is -2.43. The topological polar surface area (TPSA) is 73.9 Å². The number of amides is 1. The second kappa shape index (κ2) is 9.32. The van der Waals surface area contributed by atoms with Crippen molar-refractivity contribution in [2.45, 2.75) is 19.4 Å². The van der Waals surface area contributed by atoms with E-state index in [0.717, 1.165) is 11.1 Å². The Morgan fingerprint density at radius 3 is 1.88 bits per heavy atom. The number of esters is 1. The molecule has 0 saturated heterocycles. The Bertz CT molecular complexity index is 645. The highest BCUT2D eigenvalue weighted by Crippen LogP contribution is 2.04. The number of rotatable bonds is 7. The highest BCUT2D eigenvalue weighted by molar-refractivity contribution is 5.80. The van der Waals surface area contributed by atoms with Gasteiger partial charge >= 0.3 is 12.1 Å². The van der Waals surface area contributed by atoms with Crippen molar-refractivity contribution in [1.82, 2.24) is 5.32 Å². The van der Waals surface area contributed by atoms with Gasteiger partial charge in [0.1, 0.15) is 13.2 Å². The Morgan fingerprint density at radius 2 is 1.38 bits per heavy atom. The van der Waals surface area contributed by atoms with Gasteiger partial charge in [-0.1, -0.05) is 60.7 Å². The third kappa shape index (κ3) is 5.73. The largest absolute Gasteiger partial charge is 0.457 e. The molecule has 0 aliphatic heterocycles. The molecule has 0 bridgehead atoms. The molecule has 6 heteroatoms. The van der Waals surface area contributed by atoms with Crippen molar-refractivity contribution in [2.75, 3.05) is 7.11 Å². The standard InChI is InChI=1S/C18H19NO5/c1-22-16(17(20)23-12-14-8-4-2-5-9-14)19-18(21)24-13-15-10-6-3-7-11-15/h2-11,16H,12-13H2,1H3,(H,19,21). The van der Waals surface area contributed by atoms with Crippen LogP contribution in [0.2, 0.25) is 0 Å². The van der Waals surface area contributed by atoms with Crippen LogP contribution in [-0.2, 0) is 32.2 Å². The molecule has 2 aromatic carbocycles. The smallest absolute Gasteiger partial charge is 0.409 e. The summed E-state index contributed by atoms with van der Waals surface area (Å²) in [5.41, 5.74) is 1.68. The molecular formula is C18H19NO5. The van der Waals surface area contributed by atoms with E-state index in [1.165, 1.54) is 7.11 Å². The van der Waals surface area contributed by atoms with Gasteiger partial charge in [0.15, 0.2) is 0 Å². The van der Waals surface area contributed by atoms with Crippen molar-refractivity contribution < 1.29 is 23.8 Å². The zero-order chi connectivity index (χ0) is 17.2. The molecule has 0 radical (unpaired) electrons. The van der Waals surface area contributed by atoms with E-state index < -0.39 is 18.3 Å². The quantitative estimate of drug-likeness (QED) is 0.624. The summed E-state index contributed by atoms with van der Waals surface area (Å²) in [4.78, 5) is 23.7. The molecule has 1 N–H and O–H groups in total. The van der Waals surface area contributed by atoms with Crippen molar-refractivity contribution in [1.29, 1.82) is 0 Å². The van der Waals surface area contributed by atoms with E-state index in [2.05, 4.69) is 5.32 Å². The minimum absolute atomic E-state index is 0.0975. The summed E-state index contributed by atoms with van der Waals surface area (Å²) in [7, 11) is 1.30. The van der Waals surface area contributed by atoms with Gasteiger partial charge in [-0.25, -0.2) is 9.59 Å². The first-order valence-electron chi connectivity index (χ1n) is 7.39. The van der Waals surface area contributed by atoms with Gasteiger partial charge in [-0.2, -0.15) is 0 Å². The highest BCUT2D eigenvalue weighted by Gasteiger charge is 2.22. The molecule has 1 amide bonds. The average molecular weight is 329 g/mol. The first-order chi connectivity index (χ1) is 11.7. The molecule has 2 aromatic rings. The fourth-order valence-electron chi connectivity index (χ4n) is 1.89. The predicted octanol–water partition coefficient (Wildman–Crippen LogP) is 2.63. The normalized spacial score (nSPS) is 11.4. The molecule has 0 aromatic heterocycles. The Kier molecular flexibility index (Phi) is 6.79. The number of hydrogen-bond acceptors (Lipinski definition) is 5. The van der Waals surface area contributed by atoms with Gasteiger partial charge in [0.25, 0.3) is 0 Å². The Morgan fingerprint density at radius 1 is 0.875 bits per heavy atom. The Balaban J connectivity index is 1.77. The molecule has 0 spiro atoms. The fourth-order valence-corrected chi connectivity index (χ4v) is 1.89. The number of nitrogens with one attached hydrogen (secondary N) is 1. The van der Waals surface area contributed by atoms with Crippen LogP contribution >= 0.6 is 0 Å². The first kappa shape index (κ1) is 17.5. The Labute approximate surface area is 140 Å². The maximum absolute atomic E-state index is 11.9. The predicted molar refractivity (Wildman–Crippen MR) is 86.8 cm³/mol. The van der Waals surface area contributed by atoms with Gasteiger partial charge < -0.3 is 14.2 Å². The molecule has 126 valence electrons. The van der Waals surface area contributed by atoms with Crippen molar-refractivity contribution in [2.24, 2.45) is 0 Å². The summed E-state index contributed by atoms with van der Waals surface area (Å²) in [5.74, 6) is -0.696. The molecule has 1 atom stereocenters. The van der Waals surface area contributed by atoms with Crippen LogP contribution in [0.15, 0.2) is 60.7 Å². The monoisotopic (exact) mass is 329 g/mol. The van der Waals surface area contributed by atoms with E-state index in [9.17, 15) is 9.59 Å². The minimum Gasteiger partial charge on any atom is -0.457 e. The van der Waals surface area contributed by atoms with E-state index >= 15 is 0 Å². The maximum atomic E-state index is 11.9. The van der Waals surface area contributed by atoms with E-state index in [1.807, 2.05) is 60.7 Å². The van der Waals surface area contributed by atoms with Crippen LogP contribution in [0.1, 0.15) is 11.1 Å². The van der Waals surface area contributed by atoms with Crippen LogP contribution in [-0.4, -0.2) is 25.4 Å². The van der Waals surface area contributed by atoms with E-state index in [1.54, 1.807) is 0 Å². The fraction of sp³-hybridized carbons (Fsp3) is 0.222. The number of carbonyl (C=O) groups is 2. The molecule has 0 aliphatic rings. The SMILES string of the molecule is COC(NC(=O)OCc1ccccc1)C(=O)OCc1ccccc1. The van der Waals surface area contributed by atoms with Crippen molar-refractivity contribution >= 4 is 12.1 Å². The van der Waals surface area contributed by atoms with E-state index in [-0.39, 0.29) is 13.2 Å². The number of methoxy groups -OCH3 is 1. The van der Waals surface area contributed by atoms with Crippen molar-refractivity contribution in [3.05, 3.63) is 71.8 Å². The van der Waals surface area contributed by atoms with E-state index in [4.69, 9.17) is 14.2 Å². The van der Waals surface area contributed by atoms with Crippen LogP contribution in [0.25, 0.3) is 0 Å². The number of benzene rings is 2. The lowest BCUT2D eigenvalue weighted by atomic mass is 10.2. The molecule has 0 aliphatic carbocycles. The van der Waals surface area contributed by atoms with Crippen LogP contribution in [0.4, 0.5) is 4.79 Å². The number of alkyl carbamates (subject to hydrolysis) is 1. The second-order valence-corrected chi connectivity index (χ2v) is 4.92. The van der Waals surface area contributed by atoms with Gasteiger partial charge in [0.2, 0.25) is 6.23 Å². The van der Waals surface area contributed by atoms with Crippen LogP contribution in [0, 0.1) is 0 Å². The third-order valence-electron chi connectivity index (χ3n) is 3.14.